The molecule has 0 fully saturated rings. The summed E-state index contributed by atoms with van der Waals surface area (Å²) >= 11 is 1.04. The zero-order chi connectivity index (χ0) is 16.2. The summed E-state index contributed by atoms with van der Waals surface area (Å²) in [4.78, 5) is 34.4. The highest BCUT2D eigenvalue weighted by atomic mass is 32.1. The largest absolute Gasteiger partial charge is 0.481 e. The number of nitrogens with zero attached hydrogens (tertiary/aromatic N) is 1. The van der Waals surface area contributed by atoms with Crippen LogP contribution in [0.2, 0.25) is 0 Å². The first-order valence-electron chi connectivity index (χ1n) is 6.74. The molecule has 0 saturated heterocycles. The number of rotatable bonds is 6. The van der Waals surface area contributed by atoms with E-state index in [1.54, 1.807) is 12.3 Å². The summed E-state index contributed by atoms with van der Waals surface area (Å²) in [6, 6.07) is 0. The molecule has 1 amide bonds. The molecule has 1 aromatic heterocycles. The lowest BCUT2D eigenvalue weighted by molar-refractivity contribution is -0.142. The van der Waals surface area contributed by atoms with Gasteiger partial charge in [-0.2, -0.15) is 0 Å². The maximum Gasteiger partial charge on any atom is 0.308 e. The molecule has 0 bridgehead atoms. The molecule has 1 unspecified atom stereocenters. The molecule has 118 valence electrons. The maximum atomic E-state index is 11.8. The molecule has 0 radical (unpaired) electrons. The number of hydrogen-bond acceptors (Lipinski definition) is 4. The minimum Gasteiger partial charge on any atom is -0.481 e. The zero-order valence-corrected chi connectivity index (χ0v) is 13.6. The molecule has 0 aliphatic heterocycles. The summed E-state index contributed by atoms with van der Waals surface area (Å²) in [5.41, 5.74) is 0.596. The van der Waals surface area contributed by atoms with Gasteiger partial charge in [0.25, 0.3) is 0 Å². The fourth-order valence-corrected chi connectivity index (χ4v) is 2.75. The van der Waals surface area contributed by atoms with Crippen molar-refractivity contribution in [1.29, 1.82) is 0 Å². The van der Waals surface area contributed by atoms with Gasteiger partial charge in [0.05, 0.1) is 5.92 Å². The fourth-order valence-electron chi connectivity index (χ4n) is 2.02. The topological polar surface area (TPSA) is 88.4 Å². The molecular formula is C14H22N2O4S. The van der Waals surface area contributed by atoms with Gasteiger partial charge >= 0.3 is 10.8 Å². The smallest absolute Gasteiger partial charge is 0.308 e. The van der Waals surface area contributed by atoms with Gasteiger partial charge in [0, 0.05) is 17.6 Å². The van der Waals surface area contributed by atoms with E-state index in [4.69, 9.17) is 0 Å². The van der Waals surface area contributed by atoms with Crippen LogP contribution in [-0.2, 0) is 16.1 Å². The lowest BCUT2D eigenvalue weighted by Gasteiger charge is -2.23. The van der Waals surface area contributed by atoms with E-state index >= 15 is 0 Å². The van der Waals surface area contributed by atoms with Crippen molar-refractivity contribution in [2.75, 3.05) is 6.54 Å². The third kappa shape index (κ3) is 5.71. The third-order valence-electron chi connectivity index (χ3n) is 3.03. The monoisotopic (exact) mass is 314 g/mol. The zero-order valence-electron chi connectivity index (χ0n) is 12.8. The Morgan fingerprint density at radius 3 is 2.48 bits per heavy atom. The van der Waals surface area contributed by atoms with Crippen LogP contribution in [-0.4, -0.2) is 28.1 Å². The fraction of sp³-hybridized carbons (Fsp3) is 0.643. The number of carbonyl (C=O) groups is 2. The molecule has 0 aromatic carbocycles. The Kier molecular flexibility index (Phi) is 5.71. The molecule has 1 rings (SSSR count). The maximum absolute atomic E-state index is 11.8. The van der Waals surface area contributed by atoms with Crippen molar-refractivity contribution in [3.8, 4) is 0 Å². The van der Waals surface area contributed by atoms with E-state index in [0.717, 1.165) is 17.0 Å². The highest BCUT2D eigenvalue weighted by Crippen LogP contribution is 2.24. The molecule has 21 heavy (non-hydrogen) atoms. The molecule has 1 atom stereocenters. The Labute approximate surface area is 127 Å². The van der Waals surface area contributed by atoms with Gasteiger partial charge in [-0.15, -0.1) is 0 Å². The molecule has 7 heteroatoms. The average Bonchev–Trinajstić information content (AvgIpc) is 2.64. The quantitative estimate of drug-likeness (QED) is 0.832. The lowest BCUT2D eigenvalue weighted by Crippen LogP contribution is -2.37. The highest BCUT2D eigenvalue weighted by Gasteiger charge is 2.25. The standard InChI is InChI=1S/C14H22N2O4S/c1-9-8-21-13(20)16(9)7-11(17)15-6-10(12(18)19)5-14(2,3)4/h8,10H,5-7H2,1-4H3,(H,15,17)(H,18,19). The third-order valence-corrected chi connectivity index (χ3v) is 3.91. The molecule has 2 N–H and O–H groups in total. The normalized spacial score (nSPS) is 13.0. The van der Waals surface area contributed by atoms with Crippen LogP contribution in [0.15, 0.2) is 10.2 Å². The SMILES string of the molecule is Cc1csc(=O)n1CC(=O)NCC(CC(C)(C)C)C(=O)O. The number of aliphatic carboxylic acids is 1. The Bertz CT molecular complexity index is 568. The minimum absolute atomic E-state index is 0.0728. The van der Waals surface area contributed by atoms with Crippen molar-refractivity contribution in [1.82, 2.24) is 9.88 Å². The molecule has 0 saturated carbocycles. The van der Waals surface area contributed by atoms with E-state index in [9.17, 15) is 19.5 Å². The molecule has 0 aliphatic carbocycles. The predicted molar refractivity (Wildman–Crippen MR) is 81.5 cm³/mol. The number of aromatic nitrogens is 1. The van der Waals surface area contributed by atoms with Gasteiger partial charge in [0.15, 0.2) is 0 Å². The summed E-state index contributed by atoms with van der Waals surface area (Å²) in [7, 11) is 0. The van der Waals surface area contributed by atoms with Gasteiger partial charge in [-0.3, -0.25) is 19.0 Å². The molecule has 0 aliphatic rings. The van der Waals surface area contributed by atoms with Crippen LogP contribution in [0, 0.1) is 18.3 Å². The Morgan fingerprint density at radius 2 is 2.05 bits per heavy atom. The summed E-state index contributed by atoms with van der Waals surface area (Å²) in [5, 5.41) is 13.5. The van der Waals surface area contributed by atoms with E-state index in [1.807, 2.05) is 20.8 Å². The first kappa shape index (κ1) is 17.4. The Hall–Kier alpha value is -1.63. The number of nitrogens with one attached hydrogen (secondary N) is 1. The molecule has 1 heterocycles. The van der Waals surface area contributed by atoms with Crippen molar-refractivity contribution >= 4 is 23.2 Å². The van der Waals surface area contributed by atoms with Crippen molar-refractivity contribution in [2.45, 2.75) is 40.7 Å². The van der Waals surface area contributed by atoms with Crippen LogP contribution < -0.4 is 10.2 Å². The second-order valence-electron chi connectivity index (χ2n) is 6.33. The van der Waals surface area contributed by atoms with Gasteiger partial charge < -0.3 is 10.4 Å². The number of thiazole rings is 1. The van der Waals surface area contributed by atoms with Crippen molar-refractivity contribution in [3.05, 3.63) is 20.7 Å². The molecule has 0 spiro atoms. The number of aryl methyl sites for hydroxylation is 1. The summed E-state index contributed by atoms with van der Waals surface area (Å²) < 4.78 is 1.37. The van der Waals surface area contributed by atoms with Crippen molar-refractivity contribution in [2.24, 2.45) is 11.3 Å². The first-order chi connectivity index (χ1) is 9.60. The number of carbonyl (C=O) groups excluding carboxylic acids is 1. The van der Waals surface area contributed by atoms with Crippen LogP contribution in [0.4, 0.5) is 0 Å². The first-order valence-corrected chi connectivity index (χ1v) is 7.62. The van der Waals surface area contributed by atoms with Crippen molar-refractivity contribution in [3.63, 3.8) is 0 Å². The van der Waals surface area contributed by atoms with Crippen LogP contribution in [0.1, 0.15) is 32.9 Å². The molecule has 6 nitrogen and oxygen atoms in total. The average molecular weight is 314 g/mol. The Morgan fingerprint density at radius 1 is 1.43 bits per heavy atom. The number of carboxylic acid groups (broad SMARTS) is 1. The lowest BCUT2D eigenvalue weighted by atomic mass is 9.84. The van der Waals surface area contributed by atoms with E-state index in [0.29, 0.717) is 6.42 Å². The Balaban J connectivity index is 2.58. The predicted octanol–water partition coefficient (Wildman–Crippen LogP) is 1.47. The van der Waals surface area contributed by atoms with Crippen LogP contribution in [0.3, 0.4) is 0 Å². The summed E-state index contributed by atoms with van der Waals surface area (Å²) in [6.07, 6.45) is 0.472. The van der Waals surface area contributed by atoms with Gasteiger partial charge in [0.1, 0.15) is 6.54 Å². The van der Waals surface area contributed by atoms with E-state index in [2.05, 4.69) is 5.32 Å². The van der Waals surface area contributed by atoms with Crippen LogP contribution in [0.25, 0.3) is 0 Å². The van der Waals surface area contributed by atoms with Gasteiger partial charge in [-0.25, -0.2) is 0 Å². The van der Waals surface area contributed by atoms with E-state index in [1.165, 1.54) is 4.57 Å². The number of amides is 1. The highest BCUT2D eigenvalue weighted by molar-refractivity contribution is 7.07. The van der Waals surface area contributed by atoms with Gasteiger partial charge in [-0.05, 0) is 18.8 Å². The molecule has 1 aromatic rings. The number of hydrogen-bond donors (Lipinski definition) is 2. The van der Waals surface area contributed by atoms with E-state index in [-0.39, 0.29) is 29.3 Å². The molecular weight excluding hydrogens is 292 g/mol. The van der Waals surface area contributed by atoms with Gasteiger partial charge in [0.2, 0.25) is 5.91 Å². The minimum atomic E-state index is -0.922. The van der Waals surface area contributed by atoms with Crippen LogP contribution in [0.5, 0.6) is 0 Å². The van der Waals surface area contributed by atoms with Crippen molar-refractivity contribution < 1.29 is 14.7 Å². The summed E-state index contributed by atoms with van der Waals surface area (Å²) in [5.74, 6) is -1.90. The van der Waals surface area contributed by atoms with Crippen LogP contribution >= 0.6 is 11.3 Å². The second kappa shape index (κ2) is 6.89. The van der Waals surface area contributed by atoms with E-state index < -0.39 is 11.9 Å². The van der Waals surface area contributed by atoms with Gasteiger partial charge in [-0.1, -0.05) is 32.1 Å². The second-order valence-corrected chi connectivity index (χ2v) is 7.15. The summed E-state index contributed by atoms with van der Waals surface area (Å²) in [6.45, 7) is 7.63. The number of carboxylic acids is 1.